The first kappa shape index (κ1) is 28.2. The highest BCUT2D eigenvalue weighted by molar-refractivity contribution is 7.92. The molecule has 0 heterocycles. The number of anilines is 1. The number of amides is 2. The fourth-order valence-electron chi connectivity index (χ4n) is 4.21. The molecule has 0 aliphatic heterocycles. The van der Waals surface area contributed by atoms with Crippen LogP contribution in [0.1, 0.15) is 44.6 Å². The molecule has 0 aromatic heterocycles. The number of nitrogens with one attached hydrogen (secondary N) is 1. The minimum Gasteiger partial charge on any atom is -0.352 e. The van der Waals surface area contributed by atoms with Gasteiger partial charge in [-0.2, -0.15) is 0 Å². The molecule has 2 aromatic carbocycles. The van der Waals surface area contributed by atoms with E-state index in [1.165, 1.54) is 17.0 Å². The summed E-state index contributed by atoms with van der Waals surface area (Å²) in [6, 6.07) is 8.84. The molecular weight excluding hydrogens is 528 g/mol. The summed E-state index contributed by atoms with van der Waals surface area (Å²) in [7, 11) is -3.89. The standard InChI is InChI=1S/C25H30Cl2FN3O4S/c1-17(25(33)29-20-6-4-3-5-7-20)30(15-18-8-13-22(26)23(27)14-18)24(32)16-31(36(2,34)35)21-11-9-19(28)10-12-21/h8-14,17,20H,3-7,15-16H2,1-2H3,(H,29,33)/t17-/m0/s1. The van der Waals surface area contributed by atoms with E-state index in [4.69, 9.17) is 23.2 Å². The van der Waals surface area contributed by atoms with E-state index < -0.39 is 34.3 Å². The van der Waals surface area contributed by atoms with Crippen molar-refractivity contribution in [3.8, 4) is 0 Å². The fourth-order valence-corrected chi connectivity index (χ4v) is 5.38. The van der Waals surface area contributed by atoms with Crippen LogP contribution in [0.3, 0.4) is 0 Å². The topological polar surface area (TPSA) is 86.8 Å². The van der Waals surface area contributed by atoms with E-state index in [0.29, 0.717) is 15.6 Å². The minimum absolute atomic E-state index is 0.00992. The smallest absolute Gasteiger partial charge is 0.244 e. The van der Waals surface area contributed by atoms with Crippen LogP contribution in [0.4, 0.5) is 10.1 Å². The molecule has 11 heteroatoms. The molecule has 7 nitrogen and oxygen atoms in total. The molecular formula is C25H30Cl2FN3O4S. The molecule has 196 valence electrons. The Kier molecular flexibility index (Phi) is 9.60. The molecule has 1 N–H and O–H groups in total. The fraction of sp³-hybridized carbons (Fsp3) is 0.440. The summed E-state index contributed by atoms with van der Waals surface area (Å²) >= 11 is 12.2. The normalized spacial score (nSPS) is 15.2. The van der Waals surface area contributed by atoms with Crippen LogP contribution in [0.25, 0.3) is 0 Å². The summed E-state index contributed by atoms with van der Waals surface area (Å²) < 4.78 is 39.4. The summed E-state index contributed by atoms with van der Waals surface area (Å²) in [5.74, 6) is -1.45. The lowest BCUT2D eigenvalue weighted by atomic mass is 9.95. The maximum absolute atomic E-state index is 13.5. The monoisotopic (exact) mass is 557 g/mol. The second-order valence-corrected chi connectivity index (χ2v) is 11.8. The molecule has 0 bridgehead atoms. The molecule has 0 unspecified atom stereocenters. The number of hydrogen-bond donors (Lipinski definition) is 1. The number of nitrogens with zero attached hydrogens (tertiary/aromatic N) is 2. The molecule has 1 saturated carbocycles. The first-order chi connectivity index (χ1) is 17.0. The second kappa shape index (κ2) is 12.3. The zero-order chi connectivity index (χ0) is 26.5. The number of carbonyl (C=O) groups is 2. The van der Waals surface area contributed by atoms with Crippen molar-refractivity contribution in [2.24, 2.45) is 0 Å². The molecule has 1 aliphatic carbocycles. The summed E-state index contributed by atoms with van der Waals surface area (Å²) in [4.78, 5) is 28.0. The van der Waals surface area contributed by atoms with Gasteiger partial charge in [-0.25, -0.2) is 12.8 Å². The van der Waals surface area contributed by atoms with Crippen molar-refractivity contribution in [2.45, 2.75) is 57.7 Å². The van der Waals surface area contributed by atoms with Crippen molar-refractivity contribution in [1.29, 1.82) is 0 Å². The Morgan fingerprint density at radius 2 is 1.69 bits per heavy atom. The highest BCUT2D eigenvalue weighted by Crippen LogP contribution is 2.25. The summed E-state index contributed by atoms with van der Waals surface area (Å²) in [5.41, 5.74) is 0.767. The summed E-state index contributed by atoms with van der Waals surface area (Å²) in [6.45, 7) is 1.05. The van der Waals surface area contributed by atoms with E-state index in [2.05, 4.69) is 5.32 Å². The quantitative estimate of drug-likeness (QED) is 0.481. The van der Waals surface area contributed by atoms with Gasteiger partial charge in [-0.15, -0.1) is 0 Å². The molecule has 1 aliphatic rings. The van der Waals surface area contributed by atoms with Crippen molar-refractivity contribution < 1.29 is 22.4 Å². The maximum atomic E-state index is 13.5. The van der Waals surface area contributed by atoms with Crippen molar-refractivity contribution in [3.05, 3.63) is 63.9 Å². The molecule has 3 rings (SSSR count). The van der Waals surface area contributed by atoms with Crippen molar-refractivity contribution >= 4 is 50.7 Å². The van der Waals surface area contributed by atoms with Crippen LogP contribution < -0.4 is 9.62 Å². The van der Waals surface area contributed by atoms with Gasteiger partial charge in [0.05, 0.1) is 22.0 Å². The number of benzene rings is 2. The van der Waals surface area contributed by atoms with Crippen molar-refractivity contribution in [1.82, 2.24) is 10.2 Å². The zero-order valence-corrected chi connectivity index (χ0v) is 22.5. The van der Waals surface area contributed by atoms with Crippen LogP contribution in [0, 0.1) is 5.82 Å². The zero-order valence-electron chi connectivity index (χ0n) is 20.2. The van der Waals surface area contributed by atoms with Gasteiger partial charge < -0.3 is 10.2 Å². The highest BCUT2D eigenvalue weighted by atomic mass is 35.5. The van der Waals surface area contributed by atoms with E-state index in [1.54, 1.807) is 25.1 Å². The van der Waals surface area contributed by atoms with Gasteiger partial charge in [0.2, 0.25) is 21.8 Å². The van der Waals surface area contributed by atoms with Gasteiger partial charge in [-0.1, -0.05) is 48.5 Å². The molecule has 2 aromatic rings. The highest BCUT2D eigenvalue weighted by Gasteiger charge is 2.31. The van der Waals surface area contributed by atoms with Crippen LogP contribution in [0.5, 0.6) is 0 Å². The van der Waals surface area contributed by atoms with Crippen molar-refractivity contribution in [2.75, 3.05) is 17.1 Å². The SMILES string of the molecule is C[C@@H](C(=O)NC1CCCCC1)N(Cc1ccc(Cl)c(Cl)c1)C(=O)CN(c1ccc(F)cc1)S(C)(=O)=O. The van der Waals surface area contributed by atoms with E-state index in [-0.39, 0.29) is 24.2 Å². The van der Waals surface area contributed by atoms with Crippen LogP contribution in [-0.2, 0) is 26.2 Å². The first-order valence-corrected chi connectivity index (χ1v) is 14.3. The van der Waals surface area contributed by atoms with E-state index >= 15 is 0 Å². The number of rotatable bonds is 9. The molecule has 0 saturated heterocycles. The predicted molar refractivity (Wildman–Crippen MR) is 140 cm³/mol. The number of sulfonamides is 1. The summed E-state index contributed by atoms with van der Waals surface area (Å²) in [5, 5.41) is 3.67. The molecule has 0 spiro atoms. The van der Waals surface area contributed by atoms with Gasteiger partial charge in [0.15, 0.2) is 0 Å². The maximum Gasteiger partial charge on any atom is 0.244 e. The van der Waals surface area contributed by atoms with Gasteiger partial charge in [-0.05, 0) is 61.7 Å². The third-order valence-electron chi connectivity index (χ3n) is 6.25. The Labute approximate surface area is 221 Å². The van der Waals surface area contributed by atoms with Gasteiger partial charge >= 0.3 is 0 Å². The lowest BCUT2D eigenvalue weighted by Gasteiger charge is -2.33. The van der Waals surface area contributed by atoms with Crippen LogP contribution >= 0.6 is 23.2 Å². The lowest BCUT2D eigenvalue weighted by molar-refractivity contribution is -0.139. The Morgan fingerprint density at radius 1 is 1.06 bits per heavy atom. The van der Waals surface area contributed by atoms with Gasteiger partial charge in [0.1, 0.15) is 18.4 Å². The molecule has 0 radical (unpaired) electrons. The molecule has 1 fully saturated rings. The Hall–Kier alpha value is -2.36. The molecule has 36 heavy (non-hydrogen) atoms. The lowest BCUT2D eigenvalue weighted by Crippen LogP contribution is -2.52. The van der Waals surface area contributed by atoms with Crippen LogP contribution in [-0.4, -0.2) is 50.0 Å². The van der Waals surface area contributed by atoms with Crippen LogP contribution in [0.15, 0.2) is 42.5 Å². The van der Waals surface area contributed by atoms with Crippen LogP contribution in [0.2, 0.25) is 10.0 Å². The molecule has 1 atom stereocenters. The van der Waals surface area contributed by atoms with E-state index in [0.717, 1.165) is 54.8 Å². The van der Waals surface area contributed by atoms with E-state index in [1.807, 2.05) is 0 Å². The third kappa shape index (κ3) is 7.57. The Balaban J connectivity index is 1.88. The number of halogens is 3. The Bertz CT molecular complexity index is 1190. The predicted octanol–water partition coefficient (Wildman–Crippen LogP) is 4.76. The average molecular weight is 559 g/mol. The van der Waals surface area contributed by atoms with Gasteiger partial charge in [-0.3, -0.25) is 13.9 Å². The largest absolute Gasteiger partial charge is 0.352 e. The molecule has 2 amide bonds. The Morgan fingerprint density at radius 3 is 2.28 bits per heavy atom. The number of carbonyl (C=O) groups excluding carboxylic acids is 2. The third-order valence-corrected chi connectivity index (χ3v) is 8.13. The van der Waals surface area contributed by atoms with Gasteiger partial charge in [0.25, 0.3) is 0 Å². The minimum atomic E-state index is -3.89. The summed E-state index contributed by atoms with van der Waals surface area (Å²) in [6.07, 6.45) is 5.93. The second-order valence-electron chi connectivity index (χ2n) is 9.04. The van der Waals surface area contributed by atoms with Gasteiger partial charge in [0, 0.05) is 12.6 Å². The average Bonchev–Trinajstić information content (AvgIpc) is 2.83. The number of hydrogen-bond acceptors (Lipinski definition) is 4. The van der Waals surface area contributed by atoms with Crippen molar-refractivity contribution in [3.63, 3.8) is 0 Å². The van der Waals surface area contributed by atoms with E-state index in [9.17, 15) is 22.4 Å². The first-order valence-electron chi connectivity index (χ1n) is 11.7.